The van der Waals surface area contributed by atoms with Crippen molar-refractivity contribution in [1.82, 2.24) is 5.32 Å². The lowest BCUT2D eigenvalue weighted by molar-refractivity contribution is -0.218. The Balaban J connectivity index is 2.39. The Morgan fingerprint density at radius 2 is 2.00 bits per heavy atom. The van der Waals surface area contributed by atoms with E-state index in [1.165, 1.54) is 0 Å². The Morgan fingerprint density at radius 3 is 2.59 bits per heavy atom. The zero-order chi connectivity index (χ0) is 12.9. The van der Waals surface area contributed by atoms with E-state index in [1.807, 2.05) is 6.92 Å². The smallest absolute Gasteiger partial charge is 0.414 e. The van der Waals surface area contributed by atoms with Crippen LogP contribution in [0.25, 0.3) is 0 Å². The molecule has 0 saturated carbocycles. The maximum Gasteiger partial charge on any atom is 0.414 e. The summed E-state index contributed by atoms with van der Waals surface area (Å²) in [6, 6.07) is 3.34. The maximum absolute atomic E-state index is 12.2. The highest BCUT2D eigenvalue weighted by atomic mass is 19.4. The fourth-order valence-electron chi connectivity index (χ4n) is 1.14. The van der Waals surface area contributed by atoms with Crippen LogP contribution in [0, 0.1) is 0 Å². The molecule has 0 aliphatic heterocycles. The van der Waals surface area contributed by atoms with Gasteiger partial charge in [0, 0.05) is 0 Å². The van der Waals surface area contributed by atoms with E-state index >= 15 is 0 Å². The number of furan rings is 1. The predicted molar refractivity (Wildman–Crippen MR) is 56.4 cm³/mol. The third-order valence-electron chi connectivity index (χ3n) is 2.20. The average molecular weight is 251 g/mol. The van der Waals surface area contributed by atoms with E-state index in [2.05, 4.69) is 10.1 Å². The molecule has 6 heteroatoms. The minimum Gasteiger partial charge on any atom is -0.462 e. The minimum absolute atomic E-state index is 0.174. The summed E-state index contributed by atoms with van der Waals surface area (Å²) in [5, 5.41) is 3.05. The van der Waals surface area contributed by atoms with Crippen LogP contribution in [0.2, 0.25) is 0 Å². The predicted octanol–water partition coefficient (Wildman–Crippen LogP) is 2.86. The minimum atomic E-state index is -4.33. The number of ether oxygens (including phenoxy) is 1. The second-order valence-electron chi connectivity index (χ2n) is 3.64. The lowest BCUT2D eigenvalue weighted by atomic mass is 10.4. The summed E-state index contributed by atoms with van der Waals surface area (Å²) in [6.45, 7) is 4.12. The quantitative estimate of drug-likeness (QED) is 0.844. The number of halogens is 3. The first-order valence-corrected chi connectivity index (χ1v) is 5.40. The van der Waals surface area contributed by atoms with Crippen LogP contribution in [0.4, 0.5) is 13.2 Å². The Kier molecular flexibility index (Phi) is 5.02. The third kappa shape index (κ3) is 4.79. The van der Waals surface area contributed by atoms with E-state index in [0.717, 1.165) is 13.5 Å². The number of nitrogens with one attached hydrogen (secondary N) is 1. The molecule has 0 fully saturated rings. The second kappa shape index (κ2) is 6.07. The molecular weight excluding hydrogens is 235 g/mol. The van der Waals surface area contributed by atoms with Crippen LogP contribution < -0.4 is 5.32 Å². The van der Waals surface area contributed by atoms with E-state index < -0.39 is 12.3 Å². The molecule has 0 radical (unpaired) electrons. The Morgan fingerprint density at radius 1 is 1.35 bits per heavy atom. The summed E-state index contributed by atoms with van der Waals surface area (Å²) < 4.78 is 46.4. The lowest BCUT2D eigenvalue weighted by Crippen LogP contribution is -2.28. The summed E-state index contributed by atoms with van der Waals surface area (Å²) >= 11 is 0. The van der Waals surface area contributed by atoms with Crippen molar-refractivity contribution in [2.24, 2.45) is 0 Å². The van der Waals surface area contributed by atoms with E-state index in [1.54, 1.807) is 12.1 Å². The molecule has 0 aliphatic carbocycles. The molecule has 0 spiro atoms. The lowest BCUT2D eigenvalue weighted by Gasteiger charge is -2.15. The molecule has 1 rings (SSSR count). The normalized spacial score (nSPS) is 13.9. The summed E-state index contributed by atoms with van der Waals surface area (Å²) in [7, 11) is 0. The first-order chi connectivity index (χ1) is 7.93. The highest BCUT2D eigenvalue weighted by molar-refractivity contribution is 5.06. The first-order valence-electron chi connectivity index (χ1n) is 5.40. The molecule has 0 amide bonds. The van der Waals surface area contributed by atoms with E-state index in [0.29, 0.717) is 18.1 Å². The largest absolute Gasteiger partial charge is 0.462 e. The third-order valence-corrected chi connectivity index (χ3v) is 2.20. The van der Waals surface area contributed by atoms with Gasteiger partial charge < -0.3 is 14.5 Å². The molecule has 0 aromatic carbocycles. The number of hydrogen-bond acceptors (Lipinski definition) is 3. The van der Waals surface area contributed by atoms with Crippen LogP contribution in [0.5, 0.6) is 0 Å². The molecule has 3 nitrogen and oxygen atoms in total. The summed E-state index contributed by atoms with van der Waals surface area (Å²) in [5.41, 5.74) is 0. The van der Waals surface area contributed by atoms with Gasteiger partial charge in [0.2, 0.25) is 0 Å². The van der Waals surface area contributed by atoms with Gasteiger partial charge in [0.1, 0.15) is 18.1 Å². The Hall–Kier alpha value is -1.01. The van der Waals surface area contributed by atoms with E-state index in [-0.39, 0.29) is 6.61 Å². The monoisotopic (exact) mass is 251 g/mol. The number of hydrogen-bond donors (Lipinski definition) is 1. The second-order valence-corrected chi connectivity index (χ2v) is 3.64. The first kappa shape index (κ1) is 14.1. The Labute approximate surface area is 97.9 Å². The molecule has 1 heterocycles. The van der Waals surface area contributed by atoms with Gasteiger partial charge in [-0.25, -0.2) is 0 Å². The van der Waals surface area contributed by atoms with Gasteiger partial charge >= 0.3 is 6.18 Å². The topological polar surface area (TPSA) is 34.4 Å². The molecule has 1 atom stereocenters. The zero-order valence-corrected chi connectivity index (χ0v) is 9.80. The van der Waals surface area contributed by atoms with Crippen LogP contribution in [-0.2, 0) is 17.9 Å². The number of rotatable bonds is 6. The van der Waals surface area contributed by atoms with Crippen molar-refractivity contribution < 1.29 is 22.3 Å². The van der Waals surface area contributed by atoms with Crippen molar-refractivity contribution in [3.8, 4) is 0 Å². The molecule has 1 aromatic heterocycles. The van der Waals surface area contributed by atoms with Crippen LogP contribution in [0.1, 0.15) is 25.4 Å². The maximum atomic E-state index is 12.2. The van der Waals surface area contributed by atoms with Crippen molar-refractivity contribution in [1.29, 1.82) is 0 Å². The highest BCUT2D eigenvalue weighted by Gasteiger charge is 2.36. The molecule has 17 heavy (non-hydrogen) atoms. The molecule has 0 bridgehead atoms. The van der Waals surface area contributed by atoms with Gasteiger partial charge in [-0.1, -0.05) is 6.92 Å². The van der Waals surface area contributed by atoms with Crippen LogP contribution in [-0.4, -0.2) is 18.8 Å². The fraction of sp³-hybridized carbons (Fsp3) is 0.636. The van der Waals surface area contributed by atoms with Crippen molar-refractivity contribution >= 4 is 0 Å². The van der Waals surface area contributed by atoms with Gasteiger partial charge in [0.05, 0.1) is 6.54 Å². The van der Waals surface area contributed by atoms with Crippen molar-refractivity contribution in [2.45, 2.75) is 39.3 Å². The van der Waals surface area contributed by atoms with Crippen LogP contribution in [0.3, 0.4) is 0 Å². The molecule has 0 aliphatic rings. The molecule has 0 saturated heterocycles. The van der Waals surface area contributed by atoms with Gasteiger partial charge in [-0.05, 0) is 25.6 Å². The van der Waals surface area contributed by atoms with Gasteiger partial charge in [-0.15, -0.1) is 0 Å². The molecular formula is C11H16F3NO2. The SMILES string of the molecule is CCNCc1ccc(COC(C)C(F)(F)F)o1. The van der Waals surface area contributed by atoms with Crippen molar-refractivity contribution in [3.05, 3.63) is 23.7 Å². The van der Waals surface area contributed by atoms with E-state index in [9.17, 15) is 13.2 Å². The average Bonchev–Trinajstić information content (AvgIpc) is 2.69. The highest BCUT2D eigenvalue weighted by Crippen LogP contribution is 2.23. The number of alkyl halides is 3. The zero-order valence-electron chi connectivity index (χ0n) is 9.80. The van der Waals surface area contributed by atoms with Crippen LogP contribution >= 0.6 is 0 Å². The molecule has 1 unspecified atom stereocenters. The fourth-order valence-corrected chi connectivity index (χ4v) is 1.14. The van der Waals surface area contributed by atoms with E-state index in [4.69, 9.17) is 4.42 Å². The van der Waals surface area contributed by atoms with Gasteiger partial charge in [-0.3, -0.25) is 0 Å². The van der Waals surface area contributed by atoms with Gasteiger partial charge in [0.15, 0.2) is 6.10 Å². The molecule has 1 N–H and O–H groups in total. The molecule has 1 aromatic rings. The summed E-state index contributed by atoms with van der Waals surface area (Å²) in [6.07, 6.45) is -6.12. The van der Waals surface area contributed by atoms with Gasteiger partial charge in [-0.2, -0.15) is 13.2 Å². The van der Waals surface area contributed by atoms with Crippen molar-refractivity contribution in [3.63, 3.8) is 0 Å². The summed E-state index contributed by atoms with van der Waals surface area (Å²) in [5.74, 6) is 1.08. The Bertz CT molecular complexity index is 336. The molecule has 98 valence electrons. The standard InChI is InChI=1S/C11H16F3NO2/c1-3-15-6-9-4-5-10(17-9)7-16-8(2)11(12,13)14/h4-5,8,15H,3,6-7H2,1-2H3. The van der Waals surface area contributed by atoms with Gasteiger partial charge in [0.25, 0.3) is 0 Å². The summed E-state index contributed by atoms with van der Waals surface area (Å²) in [4.78, 5) is 0. The van der Waals surface area contributed by atoms with Crippen LogP contribution in [0.15, 0.2) is 16.5 Å². The van der Waals surface area contributed by atoms with Crippen molar-refractivity contribution in [2.75, 3.05) is 6.54 Å².